The number of nitrogens with two attached hydrogens (primary N) is 1. The number of hydrogen-bond acceptors (Lipinski definition) is 2. The van der Waals surface area contributed by atoms with Crippen LogP contribution in [0.15, 0.2) is 0 Å². The lowest BCUT2D eigenvalue weighted by molar-refractivity contribution is -0.125. The van der Waals surface area contributed by atoms with E-state index < -0.39 is 0 Å². The highest BCUT2D eigenvalue weighted by molar-refractivity contribution is 5.82. The maximum Gasteiger partial charge on any atom is 0.138 e. The van der Waals surface area contributed by atoms with Gasteiger partial charge in [0.1, 0.15) is 5.78 Å². The number of ketones is 1. The molecule has 0 aliphatic rings. The molecule has 2 N–H and O–H groups in total. The van der Waals surface area contributed by atoms with Gasteiger partial charge < -0.3 is 5.73 Å². The summed E-state index contributed by atoms with van der Waals surface area (Å²) >= 11 is 0. The summed E-state index contributed by atoms with van der Waals surface area (Å²) in [6.45, 7) is 7.95. The second kappa shape index (κ2) is 6.14. The van der Waals surface area contributed by atoms with E-state index in [0.717, 1.165) is 19.3 Å². The van der Waals surface area contributed by atoms with Crippen LogP contribution in [0.25, 0.3) is 0 Å². The maximum absolute atomic E-state index is 11.5. The van der Waals surface area contributed by atoms with Crippen molar-refractivity contribution in [1.82, 2.24) is 0 Å². The molecule has 0 saturated carbocycles. The number of rotatable bonds is 6. The van der Waals surface area contributed by atoms with Gasteiger partial charge in [-0.25, -0.2) is 0 Å². The molecule has 0 fully saturated rings. The minimum absolute atomic E-state index is 0.172. The van der Waals surface area contributed by atoms with Crippen molar-refractivity contribution in [3.8, 4) is 0 Å². The standard InChI is InChI=1S/C11H23NO/c1-8(2)11(13)9(3)6-5-7-10(4)12/h8-10H,5-7,12H2,1-4H3. The average molecular weight is 185 g/mol. The van der Waals surface area contributed by atoms with E-state index in [2.05, 4.69) is 0 Å². The largest absolute Gasteiger partial charge is 0.328 e. The van der Waals surface area contributed by atoms with E-state index in [1.165, 1.54) is 0 Å². The molecule has 0 aliphatic heterocycles. The van der Waals surface area contributed by atoms with Crippen LogP contribution in [0.5, 0.6) is 0 Å². The van der Waals surface area contributed by atoms with Gasteiger partial charge in [0.2, 0.25) is 0 Å². The Hall–Kier alpha value is -0.370. The van der Waals surface area contributed by atoms with Crippen molar-refractivity contribution in [2.75, 3.05) is 0 Å². The van der Waals surface area contributed by atoms with Gasteiger partial charge in [-0.1, -0.05) is 27.2 Å². The van der Waals surface area contributed by atoms with Crippen molar-refractivity contribution in [3.05, 3.63) is 0 Å². The third-order valence-corrected chi connectivity index (χ3v) is 2.35. The van der Waals surface area contributed by atoms with Gasteiger partial charge in [-0.2, -0.15) is 0 Å². The summed E-state index contributed by atoms with van der Waals surface area (Å²) in [5.74, 6) is 0.758. The fourth-order valence-corrected chi connectivity index (χ4v) is 1.46. The van der Waals surface area contributed by atoms with Gasteiger partial charge in [-0.05, 0) is 19.8 Å². The van der Waals surface area contributed by atoms with E-state index in [1.807, 2.05) is 27.7 Å². The van der Waals surface area contributed by atoms with Gasteiger partial charge >= 0.3 is 0 Å². The smallest absolute Gasteiger partial charge is 0.138 e. The molecular formula is C11H23NO. The van der Waals surface area contributed by atoms with Gasteiger partial charge in [0.05, 0.1) is 0 Å². The summed E-state index contributed by atoms with van der Waals surface area (Å²) in [6, 6.07) is 0.265. The minimum Gasteiger partial charge on any atom is -0.328 e. The third-order valence-electron chi connectivity index (χ3n) is 2.35. The van der Waals surface area contributed by atoms with E-state index in [9.17, 15) is 4.79 Å². The fraction of sp³-hybridized carbons (Fsp3) is 0.909. The van der Waals surface area contributed by atoms with Crippen LogP contribution in [0.4, 0.5) is 0 Å². The molecule has 0 radical (unpaired) electrons. The topological polar surface area (TPSA) is 43.1 Å². The first-order valence-corrected chi connectivity index (χ1v) is 5.24. The van der Waals surface area contributed by atoms with E-state index in [1.54, 1.807) is 0 Å². The molecule has 2 unspecified atom stereocenters. The number of carbonyl (C=O) groups is 1. The molecule has 0 saturated heterocycles. The van der Waals surface area contributed by atoms with Gasteiger partial charge in [0.25, 0.3) is 0 Å². The van der Waals surface area contributed by atoms with Crippen LogP contribution in [0.2, 0.25) is 0 Å². The van der Waals surface area contributed by atoms with Gasteiger partial charge in [-0.15, -0.1) is 0 Å². The van der Waals surface area contributed by atoms with Gasteiger partial charge in [-0.3, -0.25) is 4.79 Å². The van der Waals surface area contributed by atoms with Crippen molar-refractivity contribution in [2.24, 2.45) is 17.6 Å². The molecule has 13 heavy (non-hydrogen) atoms. The Labute approximate surface area is 81.9 Å². The van der Waals surface area contributed by atoms with Crippen LogP contribution < -0.4 is 5.73 Å². The number of carbonyl (C=O) groups excluding carboxylic acids is 1. The molecule has 2 heteroatoms. The third kappa shape index (κ3) is 5.81. The molecule has 0 aromatic carbocycles. The monoisotopic (exact) mass is 185 g/mol. The Balaban J connectivity index is 3.62. The van der Waals surface area contributed by atoms with Crippen molar-refractivity contribution in [1.29, 1.82) is 0 Å². The first-order chi connectivity index (χ1) is 5.95. The summed E-state index contributed by atoms with van der Waals surface area (Å²) in [6.07, 6.45) is 3.07. The van der Waals surface area contributed by atoms with Crippen LogP contribution >= 0.6 is 0 Å². The van der Waals surface area contributed by atoms with Crippen LogP contribution in [0.1, 0.15) is 47.0 Å². The number of hydrogen-bond donors (Lipinski definition) is 1. The molecule has 0 aromatic rings. The second-order valence-electron chi connectivity index (χ2n) is 4.37. The lowest BCUT2D eigenvalue weighted by Gasteiger charge is -2.13. The lowest BCUT2D eigenvalue weighted by Crippen LogP contribution is -2.19. The molecule has 0 aromatic heterocycles. The van der Waals surface area contributed by atoms with E-state index in [4.69, 9.17) is 5.73 Å². The Morgan fingerprint density at radius 2 is 1.69 bits per heavy atom. The average Bonchev–Trinajstić information content (AvgIpc) is 2.02. The zero-order chi connectivity index (χ0) is 10.4. The minimum atomic E-state index is 0.172. The Kier molecular flexibility index (Phi) is 5.97. The fourth-order valence-electron chi connectivity index (χ4n) is 1.46. The van der Waals surface area contributed by atoms with Crippen LogP contribution in [-0.2, 0) is 4.79 Å². The first kappa shape index (κ1) is 12.6. The highest BCUT2D eigenvalue weighted by atomic mass is 16.1. The van der Waals surface area contributed by atoms with E-state index in [0.29, 0.717) is 5.78 Å². The van der Waals surface area contributed by atoms with E-state index in [-0.39, 0.29) is 17.9 Å². The van der Waals surface area contributed by atoms with Gasteiger partial charge in [0, 0.05) is 17.9 Å². The van der Waals surface area contributed by atoms with E-state index >= 15 is 0 Å². The molecule has 0 spiro atoms. The maximum atomic E-state index is 11.5. The second-order valence-corrected chi connectivity index (χ2v) is 4.37. The SMILES string of the molecule is CC(N)CCCC(C)C(=O)C(C)C. The highest BCUT2D eigenvalue weighted by Crippen LogP contribution is 2.14. The van der Waals surface area contributed by atoms with Crippen molar-refractivity contribution < 1.29 is 4.79 Å². The van der Waals surface area contributed by atoms with Crippen molar-refractivity contribution >= 4 is 5.78 Å². The molecule has 2 nitrogen and oxygen atoms in total. The summed E-state index contributed by atoms with van der Waals surface area (Å²) in [5, 5.41) is 0. The molecular weight excluding hydrogens is 162 g/mol. The van der Waals surface area contributed by atoms with Crippen LogP contribution in [0.3, 0.4) is 0 Å². The molecule has 0 aliphatic carbocycles. The molecule has 0 heterocycles. The Bertz CT molecular complexity index is 152. The quantitative estimate of drug-likeness (QED) is 0.690. The summed E-state index contributed by atoms with van der Waals surface area (Å²) < 4.78 is 0. The van der Waals surface area contributed by atoms with Crippen LogP contribution in [-0.4, -0.2) is 11.8 Å². The lowest BCUT2D eigenvalue weighted by atomic mass is 9.92. The number of Topliss-reactive ketones (excluding diaryl/α,β-unsaturated/α-hetero) is 1. The highest BCUT2D eigenvalue weighted by Gasteiger charge is 2.15. The zero-order valence-electron chi connectivity index (χ0n) is 9.34. The Morgan fingerprint density at radius 1 is 1.15 bits per heavy atom. The van der Waals surface area contributed by atoms with Gasteiger partial charge in [0.15, 0.2) is 0 Å². The summed E-state index contributed by atoms with van der Waals surface area (Å²) in [5.41, 5.74) is 5.63. The normalized spacial score (nSPS) is 15.8. The van der Waals surface area contributed by atoms with Crippen molar-refractivity contribution in [3.63, 3.8) is 0 Å². The summed E-state index contributed by atoms with van der Waals surface area (Å²) in [7, 11) is 0. The summed E-state index contributed by atoms with van der Waals surface area (Å²) in [4.78, 5) is 11.5. The molecule has 0 rings (SSSR count). The van der Waals surface area contributed by atoms with Crippen LogP contribution in [0, 0.1) is 11.8 Å². The predicted molar refractivity (Wildman–Crippen MR) is 56.5 cm³/mol. The van der Waals surface area contributed by atoms with Crippen molar-refractivity contribution in [2.45, 2.75) is 53.0 Å². The molecule has 0 amide bonds. The first-order valence-electron chi connectivity index (χ1n) is 5.24. The zero-order valence-corrected chi connectivity index (χ0v) is 9.34. The Morgan fingerprint density at radius 3 is 2.08 bits per heavy atom. The molecule has 0 bridgehead atoms. The molecule has 78 valence electrons. The molecule has 2 atom stereocenters. The predicted octanol–water partition coefficient (Wildman–Crippen LogP) is 2.37.